The maximum atomic E-state index is 13.4. The molecule has 6 heteroatoms. The molecule has 1 amide bonds. The van der Waals surface area contributed by atoms with E-state index < -0.39 is 11.4 Å². The third kappa shape index (κ3) is 4.00. The number of rotatable bonds is 2. The first-order chi connectivity index (χ1) is 9.76. The van der Waals surface area contributed by atoms with Crippen LogP contribution in [-0.2, 0) is 4.74 Å². The Bertz CT molecular complexity index is 528. The Labute approximate surface area is 123 Å². The van der Waals surface area contributed by atoms with Gasteiger partial charge in [0.25, 0.3) is 0 Å². The molecule has 0 saturated carbocycles. The van der Waals surface area contributed by atoms with Gasteiger partial charge in [0.05, 0.1) is 6.54 Å². The lowest BCUT2D eigenvalue weighted by Gasteiger charge is -2.24. The molecule has 21 heavy (non-hydrogen) atoms. The Morgan fingerprint density at radius 1 is 1.43 bits per heavy atom. The molecule has 1 fully saturated rings. The van der Waals surface area contributed by atoms with E-state index >= 15 is 0 Å². The first kappa shape index (κ1) is 15.4. The number of nitrogens with zero attached hydrogens (tertiary/aromatic N) is 1. The van der Waals surface area contributed by atoms with Gasteiger partial charge in [0, 0.05) is 13.0 Å². The second kappa shape index (κ2) is 5.79. The van der Waals surface area contributed by atoms with Gasteiger partial charge in [-0.05, 0) is 32.9 Å². The molecule has 0 unspecified atom stereocenters. The van der Waals surface area contributed by atoms with Gasteiger partial charge in [0.1, 0.15) is 29.0 Å². The average Bonchev–Trinajstić information content (AvgIpc) is 2.82. The third-order valence-corrected chi connectivity index (χ3v) is 3.10. The molecule has 1 aliphatic heterocycles. The molecule has 1 aliphatic rings. The molecule has 116 valence electrons. The van der Waals surface area contributed by atoms with E-state index in [9.17, 15) is 9.18 Å². The van der Waals surface area contributed by atoms with Gasteiger partial charge in [0.2, 0.25) is 0 Å². The highest BCUT2D eigenvalue weighted by molar-refractivity contribution is 5.68. The Balaban J connectivity index is 1.94. The van der Waals surface area contributed by atoms with Crippen LogP contribution < -0.4 is 10.5 Å². The van der Waals surface area contributed by atoms with E-state index in [1.165, 1.54) is 6.07 Å². The molecule has 1 heterocycles. The van der Waals surface area contributed by atoms with Crippen molar-refractivity contribution in [3.8, 4) is 5.75 Å². The molecule has 1 aromatic rings. The number of hydrogen-bond donors (Lipinski definition) is 1. The fraction of sp³-hybridized carbons (Fsp3) is 0.533. The quantitative estimate of drug-likeness (QED) is 0.852. The fourth-order valence-corrected chi connectivity index (χ4v) is 2.12. The van der Waals surface area contributed by atoms with Gasteiger partial charge in [-0.25, -0.2) is 9.18 Å². The number of nitrogens with two attached hydrogens (primary N) is 1. The van der Waals surface area contributed by atoms with Crippen molar-refractivity contribution < 1.29 is 18.7 Å². The Kier molecular flexibility index (Phi) is 4.25. The normalized spacial score (nSPS) is 18.7. The maximum absolute atomic E-state index is 13.4. The highest BCUT2D eigenvalue weighted by Gasteiger charge is 2.31. The van der Waals surface area contributed by atoms with E-state index in [1.807, 2.05) is 20.8 Å². The van der Waals surface area contributed by atoms with Crippen LogP contribution in [0.5, 0.6) is 5.75 Å². The van der Waals surface area contributed by atoms with Gasteiger partial charge in [-0.3, -0.25) is 0 Å². The van der Waals surface area contributed by atoms with E-state index in [-0.39, 0.29) is 17.9 Å². The lowest BCUT2D eigenvalue weighted by Crippen LogP contribution is -2.36. The van der Waals surface area contributed by atoms with Crippen LogP contribution in [0.25, 0.3) is 0 Å². The number of para-hydroxylation sites is 1. The van der Waals surface area contributed by atoms with E-state index in [0.29, 0.717) is 25.3 Å². The smallest absolute Gasteiger partial charge is 0.410 e. The van der Waals surface area contributed by atoms with E-state index in [2.05, 4.69) is 0 Å². The minimum atomic E-state index is -0.525. The van der Waals surface area contributed by atoms with Crippen molar-refractivity contribution in [2.45, 2.75) is 38.9 Å². The molecular formula is C15H21FN2O3. The number of likely N-dealkylation sites (tertiary alicyclic amines) is 1. The molecule has 1 aromatic carbocycles. The van der Waals surface area contributed by atoms with Gasteiger partial charge in [-0.2, -0.15) is 0 Å². The molecule has 1 atom stereocenters. The highest BCUT2D eigenvalue weighted by atomic mass is 19.1. The number of carbonyl (C=O) groups is 1. The van der Waals surface area contributed by atoms with E-state index in [0.717, 1.165) is 0 Å². The van der Waals surface area contributed by atoms with Crippen LogP contribution in [0.3, 0.4) is 0 Å². The number of nitrogen functional groups attached to an aromatic ring is 1. The van der Waals surface area contributed by atoms with E-state index in [4.69, 9.17) is 15.2 Å². The summed E-state index contributed by atoms with van der Waals surface area (Å²) in [6.45, 7) is 6.42. The summed E-state index contributed by atoms with van der Waals surface area (Å²) in [5, 5.41) is 0. The van der Waals surface area contributed by atoms with Crippen molar-refractivity contribution in [3.63, 3.8) is 0 Å². The summed E-state index contributed by atoms with van der Waals surface area (Å²) >= 11 is 0. The Morgan fingerprint density at radius 2 is 2.14 bits per heavy atom. The topological polar surface area (TPSA) is 64.8 Å². The first-order valence-corrected chi connectivity index (χ1v) is 6.95. The number of benzene rings is 1. The number of ether oxygens (including phenoxy) is 2. The summed E-state index contributed by atoms with van der Waals surface area (Å²) in [6, 6.07) is 4.44. The van der Waals surface area contributed by atoms with Gasteiger partial charge in [0.15, 0.2) is 0 Å². The molecule has 0 spiro atoms. The minimum Gasteiger partial charge on any atom is -0.486 e. The molecule has 0 aromatic heterocycles. The number of hydrogen-bond acceptors (Lipinski definition) is 4. The zero-order chi connectivity index (χ0) is 15.6. The van der Waals surface area contributed by atoms with Crippen LogP contribution in [0.1, 0.15) is 27.2 Å². The summed E-state index contributed by atoms with van der Waals surface area (Å²) in [4.78, 5) is 13.5. The molecule has 2 N–H and O–H groups in total. The van der Waals surface area contributed by atoms with Crippen molar-refractivity contribution in [2.24, 2.45) is 0 Å². The zero-order valence-corrected chi connectivity index (χ0v) is 12.6. The van der Waals surface area contributed by atoms with Gasteiger partial charge in [-0.15, -0.1) is 0 Å². The third-order valence-electron chi connectivity index (χ3n) is 3.10. The Morgan fingerprint density at radius 3 is 2.81 bits per heavy atom. The summed E-state index contributed by atoms with van der Waals surface area (Å²) in [5.41, 5.74) is 5.10. The number of anilines is 1. The number of carbonyl (C=O) groups excluding carboxylic acids is 1. The van der Waals surface area contributed by atoms with Crippen LogP contribution in [-0.4, -0.2) is 35.8 Å². The van der Waals surface area contributed by atoms with Gasteiger partial charge < -0.3 is 20.1 Å². The summed E-state index contributed by atoms with van der Waals surface area (Å²) in [6.07, 6.45) is 0.0947. The lowest BCUT2D eigenvalue weighted by molar-refractivity contribution is 0.0276. The van der Waals surface area contributed by atoms with Crippen molar-refractivity contribution in [3.05, 3.63) is 24.0 Å². The SMILES string of the molecule is CC(C)(C)OC(=O)N1CC[C@@H](Oc2cccc(F)c2N)C1. The standard InChI is InChI=1S/C15H21FN2O3/c1-15(2,3)21-14(19)18-8-7-10(9-18)20-12-6-4-5-11(16)13(12)17/h4-6,10H,7-9,17H2,1-3H3/t10-/m1/s1. The van der Waals surface area contributed by atoms with Crippen molar-refractivity contribution in [1.82, 2.24) is 4.90 Å². The fourth-order valence-electron chi connectivity index (χ4n) is 2.12. The second-order valence-corrected chi connectivity index (χ2v) is 6.11. The van der Waals surface area contributed by atoms with Crippen LogP contribution in [0, 0.1) is 5.82 Å². The van der Waals surface area contributed by atoms with Gasteiger partial charge in [-0.1, -0.05) is 6.07 Å². The predicted octanol–water partition coefficient (Wildman–Crippen LogP) is 2.80. The summed E-state index contributed by atoms with van der Waals surface area (Å²) < 4.78 is 24.3. The van der Waals surface area contributed by atoms with Crippen LogP contribution >= 0.6 is 0 Å². The number of halogens is 1. The molecule has 0 radical (unpaired) electrons. The monoisotopic (exact) mass is 296 g/mol. The largest absolute Gasteiger partial charge is 0.486 e. The molecule has 2 rings (SSSR count). The summed E-state index contributed by atoms with van der Waals surface area (Å²) in [5.74, 6) is -0.194. The summed E-state index contributed by atoms with van der Waals surface area (Å²) in [7, 11) is 0. The number of amides is 1. The van der Waals surface area contributed by atoms with Crippen LogP contribution in [0.2, 0.25) is 0 Å². The lowest BCUT2D eigenvalue weighted by atomic mass is 10.2. The molecule has 5 nitrogen and oxygen atoms in total. The first-order valence-electron chi connectivity index (χ1n) is 6.95. The van der Waals surface area contributed by atoms with E-state index in [1.54, 1.807) is 17.0 Å². The average molecular weight is 296 g/mol. The van der Waals surface area contributed by atoms with Crippen molar-refractivity contribution in [1.29, 1.82) is 0 Å². The van der Waals surface area contributed by atoms with Gasteiger partial charge >= 0.3 is 6.09 Å². The molecular weight excluding hydrogens is 275 g/mol. The predicted molar refractivity (Wildman–Crippen MR) is 77.7 cm³/mol. The zero-order valence-electron chi connectivity index (χ0n) is 12.6. The molecule has 0 aliphatic carbocycles. The maximum Gasteiger partial charge on any atom is 0.410 e. The van der Waals surface area contributed by atoms with Crippen LogP contribution in [0.15, 0.2) is 18.2 Å². The van der Waals surface area contributed by atoms with Crippen molar-refractivity contribution in [2.75, 3.05) is 18.8 Å². The minimum absolute atomic E-state index is 0.00628. The Hall–Kier alpha value is -1.98. The van der Waals surface area contributed by atoms with Crippen molar-refractivity contribution >= 4 is 11.8 Å². The highest BCUT2D eigenvalue weighted by Crippen LogP contribution is 2.27. The molecule has 1 saturated heterocycles. The molecule has 0 bridgehead atoms. The van der Waals surface area contributed by atoms with Crippen LogP contribution in [0.4, 0.5) is 14.9 Å². The second-order valence-electron chi connectivity index (χ2n) is 6.11.